The van der Waals surface area contributed by atoms with Crippen LogP contribution in [0.15, 0.2) is 54.6 Å². The van der Waals surface area contributed by atoms with Crippen LogP contribution in [0.2, 0.25) is 0 Å². The maximum Gasteiger partial charge on any atom is 0.0918 e. The van der Waals surface area contributed by atoms with Gasteiger partial charge in [0.05, 0.1) is 6.17 Å². The van der Waals surface area contributed by atoms with E-state index in [1.54, 1.807) is 0 Å². The predicted octanol–water partition coefficient (Wildman–Crippen LogP) is 3.45. The molecule has 0 spiro atoms. The quantitative estimate of drug-likeness (QED) is 0.788. The van der Waals surface area contributed by atoms with Gasteiger partial charge in [0.2, 0.25) is 0 Å². The van der Waals surface area contributed by atoms with Crippen molar-refractivity contribution in [1.82, 2.24) is 4.90 Å². The number of benzene rings is 2. The van der Waals surface area contributed by atoms with Crippen LogP contribution < -0.4 is 4.90 Å². The van der Waals surface area contributed by atoms with Gasteiger partial charge in [0.15, 0.2) is 0 Å². The minimum Gasteiger partial charge on any atom is -0.358 e. The van der Waals surface area contributed by atoms with Crippen molar-refractivity contribution in [1.29, 1.82) is 0 Å². The minimum atomic E-state index is 0.154. The van der Waals surface area contributed by atoms with E-state index in [2.05, 4.69) is 85.4 Å². The monoisotopic (exact) mass is 278 g/mol. The Morgan fingerprint density at radius 2 is 1.62 bits per heavy atom. The molecule has 1 fully saturated rings. The van der Waals surface area contributed by atoms with E-state index in [-0.39, 0.29) is 5.41 Å². The third-order valence-electron chi connectivity index (χ3n) is 5.58. The minimum absolute atomic E-state index is 0.154. The van der Waals surface area contributed by atoms with E-state index >= 15 is 0 Å². The lowest BCUT2D eigenvalue weighted by Gasteiger charge is -2.34. The van der Waals surface area contributed by atoms with E-state index in [1.165, 1.54) is 16.8 Å². The van der Waals surface area contributed by atoms with Crippen molar-refractivity contribution in [3.05, 3.63) is 65.7 Å². The molecule has 4 rings (SSSR count). The van der Waals surface area contributed by atoms with Gasteiger partial charge >= 0.3 is 0 Å². The van der Waals surface area contributed by atoms with Gasteiger partial charge in [-0.15, -0.1) is 0 Å². The van der Waals surface area contributed by atoms with Crippen LogP contribution >= 0.6 is 0 Å². The van der Waals surface area contributed by atoms with Crippen molar-refractivity contribution in [2.75, 3.05) is 25.5 Å². The number of hydrogen-bond acceptors (Lipinski definition) is 2. The second-order valence-corrected chi connectivity index (χ2v) is 6.69. The van der Waals surface area contributed by atoms with Gasteiger partial charge in [0, 0.05) is 30.6 Å². The molecule has 2 nitrogen and oxygen atoms in total. The molecule has 2 aromatic rings. The second-order valence-electron chi connectivity index (χ2n) is 6.69. The van der Waals surface area contributed by atoms with Crippen molar-refractivity contribution in [3.63, 3.8) is 0 Å². The lowest BCUT2D eigenvalue weighted by atomic mass is 9.71. The lowest BCUT2D eigenvalue weighted by Crippen LogP contribution is -2.46. The molecule has 108 valence electrons. The van der Waals surface area contributed by atoms with Gasteiger partial charge in [-0.1, -0.05) is 55.5 Å². The number of para-hydroxylation sites is 1. The van der Waals surface area contributed by atoms with Crippen molar-refractivity contribution < 1.29 is 0 Å². The van der Waals surface area contributed by atoms with Crippen LogP contribution in [0.25, 0.3) is 0 Å². The van der Waals surface area contributed by atoms with Crippen molar-refractivity contribution in [2.45, 2.75) is 24.4 Å². The van der Waals surface area contributed by atoms with Crippen molar-refractivity contribution in [2.24, 2.45) is 0 Å². The summed E-state index contributed by atoms with van der Waals surface area (Å²) >= 11 is 0. The molecule has 0 bridgehead atoms. The molecule has 0 radical (unpaired) electrons. The van der Waals surface area contributed by atoms with Crippen LogP contribution in [0.1, 0.15) is 24.0 Å². The normalized spacial score (nSPS) is 31.3. The van der Waals surface area contributed by atoms with Crippen LogP contribution in [0.3, 0.4) is 0 Å². The predicted molar refractivity (Wildman–Crippen MR) is 87.8 cm³/mol. The first kappa shape index (κ1) is 12.9. The SMILES string of the molecule is CN1CC(c2ccccc2)[C@@]2(C)c3ccccc3N(C)[C@@H]12. The van der Waals surface area contributed by atoms with E-state index in [0.29, 0.717) is 12.1 Å². The number of likely N-dealkylation sites (N-methyl/N-ethyl adjacent to an activating group) is 2. The number of anilines is 1. The molecule has 0 aliphatic carbocycles. The average molecular weight is 278 g/mol. The number of likely N-dealkylation sites (tertiary alicyclic amines) is 1. The average Bonchev–Trinajstić information content (AvgIpc) is 2.92. The van der Waals surface area contributed by atoms with Gasteiger partial charge in [-0.3, -0.25) is 4.90 Å². The summed E-state index contributed by atoms with van der Waals surface area (Å²) in [5.41, 5.74) is 4.49. The molecule has 0 N–H and O–H groups in total. The standard InChI is InChI=1S/C19H22N2/c1-19-15-11-7-8-12-17(15)21(3)18(19)20(2)13-16(19)14-9-5-4-6-10-14/h4-12,16,18H,13H2,1-3H3/t16?,18-,19-/m1/s1. The van der Waals surface area contributed by atoms with Crippen LogP contribution in [0.5, 0.6) is 0 Å². The highest BCUT2D eigenvalue weighted by Gasteiger charge is 2.57. The Morgan fingerprint density at radius 3 is 2.38 bits per heavy atom. The van der Waals surface area contributed by atoms with Gasteiger partial charge < -0.3 is 4.90 Å². The maximum absolute atomic E-state index is 2.51. The number of rotatable bonds is 1. The van der Waals surface area contributed by atoms with Gasteiger partial charge in [-0.2, -0.15) is 0 Å². The fraction of sp³-hybridized carbons (Fsp3) is 0.368. The summed E-state index contributed by atoms with van der Waals surface area (Å²) in [5, 5.41) is 0. The van der Waals surface area contributed by atoms with Gasteiger partial charge in [-0.25, -0.2) is 0 Å². The summed E-state index contributed by atoms with van der Waals surface area (Å²) in [6.45, 7) is 3.56. The molecule has 0 aromatic heterocycles. The second kappa shape index (κ2) is 4.35. The van der Waals surface area contributed by atoms with E-state index in [0.717, 1.165) is 6.54 Å². The highest BCUT2D eigenvalue weighted by Crippen LogP contribution is 2.56. The van der Waals surface area contributed by atoms with Crippen LogP contribution in [-0.4, -0.2) is 31.7 Å². The van der Waals surface area contributed by atoms with E-state index in [9.17, 15) is 0 Å². The molecule has 0 saturated carbocycles. The number of nitrogens with zero attached hydrogens (tertiary/aromatic N) is 2. The van der Waals surface area contributed by atoms with Gasteiger partial charge in [0.1, 0.15) is 0 Å². The molecule has 0 amide bonds. The summed E-state index contributed by atoms with van der Waals surface area (Å²) in [4.78, 5) is 4.97. The van der Waals surface area contributed by atoms with E-state index in [4.69, 9.17) is 0 Å². The third kappa shape index (κ3) is 1.57. The maximum atomic E-state index is 2.51. The number of hydrogen-bond donors (Lipinski definition) is 0. The van der Waals surface area contributed by atoms with Gasteiger partial charge in [0.25, 0.3) is 0 Å². The Morgan fingerprint density at radius 1 is 0.952 bits per heavy atom. The topological polar surface area (TPSA) is 6.48 Å². The Labute approximate surface area is 127 Å². The fourth-order valence-electron chi connectivity index (χ4n) is 4.75. The molecule has 2 aliphatic rings. The first-order chi connectivity index (χ1) is 10.1. The van der Waals surface area contributed by atoms with Crippen LogP contribution in [0, 0.1) is 0 Å². The first-order valence-corrected chi connectivity index (χ1v) is 7.71. The van der Waals surface area contributed by atoms with Crippen molar-refractivity contribution >= 4 is 5.69 Å². The molecule has 1 unspecified atom stereocenters. The summed E-state index contributed by atoms with van der Waals surface area (Å²) < 4.78 is 0. The molecule has 3 atom stereocenters. The fourth-order valence-corrected chi connectivity index (χ4v) is 4.75. The van der Waals surface area contributed by atoms with Crippen LogP contribution in [0.4, 0.5) is 5.69 Å². The molecular formula is C19H22N2. The Hall–Kier alpha value is -1.80. The van der Waals surface area contributed by atoms with Crippen LogP contribution in [-0.2, 0) is 5.41 Å². The zero-order chi connectivity index (χ0) is 14.6. The van der Waals surface area contributed by atoms with Crippen molar-refractivity contribution in [3.8, 4) is 0 Å². The number of fused-ring (bicyclic) bond motifs is 3. The highest BCUT2D eigenvalue weighted by molar-refractivity contribution is 5.65. The molecule has 2 heterocycles. The molecule has 1 saturated heterocycles. The van der Waals surface area contributed by atoms with Gasteiger partial charge in [-0.05, 0) is 24.2 Å². The Bertz CT molecular complexity index is 666. The summed E-state index contributed by atoms with van der Waals surface area (Å²) in [6, 6.07) is 19.9. The summed E-state index contributed by atoms with van der Waals surface area (Å²) in [5.74, 6) is 0.541. The molecule has 2 aromatic carbocycles. The molecular weight excluding hydrogens is 256 g/mol. The molecule has 2 aliphatic heterocycles. The smallest absolute Gasteiger partial charge is 0.0918 e. The molecule has 21 heavy (non-hydrogen) atoms. The summed E-state index contributed by atoms with van der Waals surface area (Å²) in [6.07, 6.45) is 0.445. The van der Waals surface area contributed by atoms with E-state index < -0.39 is 0 Å². The lowest BCUT2D eigenvalue weighted by molar-refractivity contribution is 0.267. The summed E-state index contributed by atoms with van der Waals surface area (Å²) in [7, 11) is 4.49. The van der Waals surface area contributed by atoms with E-state index in [1.807, 2.05) is 0 Å². The zero-order valence-electron chi connectivity index (χ0n) is 13.0. The molecule has 2 heteroatoms. The highest BCUT2D eigenvalue weighted by atomic mass is 15.4. The zero-order valence-corrected chi connectivity index (χ0v) is 13.0. The first-order valence-electron chi connectivity index (χ1n) is 7.71. The Kier molecular flexibility index (Phi) is 2.67. The Balaban J connectivity index is 1.91. The largest absolute Gasteiger partial charge is 0.358 e. The third-order valence-corrected chi connectivity index (χ3v) is 5.58.